The summed E-state index contributed by atoms with van der Waals surface area (Å²) in [5, 5.41) is 0.676. The van der Waals surface area contributed by atoms with Gasteiger partial charge in [0.15, 0.2) is 5.60 Å². The molecule has 0 aliphatic carbocycles. The van der Waals surface area contributed by atoms with E-state index < -0.39 is 5.60 Å². The van der Waals surface area contributed by atoms with E-state index in [4.69, 9.17) is 21.1 Å². The number of fused-ring (bicyclic) bond motifs is 1. The van der Waals surface area contributed by atoms with E-state index in [1.54, 1.807) is 7.11 Å². The number of methoxy groups -OCH3 is 1. The standard InChI is InChI=1S/C37H37ClN2O3/c1-6-40(7-2)30-22-23-34(35(25-30)42-5)37(33-13-9-8-11-32(33)36(41)43-37)24-10-12-31(26-14-18-28(38)19-15-26)27-16-20-29(21-17-27)39(3)4/h8-25H,6-7H2,1-5H3. The van der Waals surface area contributed by atoms with E-state index in [2.05, 4.69) is 60.1 Å². The maximum Gasteiger partial charge on any atom is 0.340 e. The number of carbonyl (C=O) groups excluding carboxylic acids is 1. The Hall–Kier alpha value is -4.48. The molecule has 0 radical (unpaired) electrons. The molecule has 1 aliphatic rings. The highest BCUT2D eigenvalue weighted by Gasteiger charge is 2.46. The molecular formula is C37H37ClN2O3. The van der Waals surface area contributed by atoms with Gasteiger partial charge in [-0.15, -0.1) is 0 Å². The van der Waals surface area contributed by atoms with Crippen molar-refractivity contribution in [3.8, 4) is 5.75 Å². The van der Waals surface area contributed by atoms with Crippen LogP contribution in [0, 0.1) is 0 Å². The molecule has 5 rings (SSSR count). The summed E-state index contributed by atoms with van der Waals surface area (Å²) < 4.78 is 12.2. The highest BCUT2D eigenvalue weighted by molar-refractivity contribution is 6.30. The van der Waals surface area contributed by atoms with E-state index in [1.807, 2.05) is 86.9 Å². The Morgan fingerprint density at radius 3 is 2.12 bits per heavy atom. The first-order valence-electron chi connectivity index (χ1n) is 14.5. The number of rotatable bonds is 10. The van der Waals surface area contributed by atoms with Gasteiger partial charge >= 0.3 is 5.97 Å². The summed E-state index contributed by atoms with van der Waals surface area (Å²) in [4.78, 5) is 17.6. The van der Waals surface area contributed by atoms with E-state index in [9.17, 15) is 4.79 Å². The number of halogens is 1. The summed E-state index contributed by atoms with van der Waals surface area (Å²) in [5.41, 5.74) is 6.16. The molecule has 0 spiro atoms. The Labute approximate surface area is 259 Å². The van der Waals surface area contributed by atoms with Gasteiger partial charge in [0.1, 0.15) is 5.75 Å². The summed E-state index contributed by atoms with van der Waals surface area (Å²) in [6.07, 6.45) is 5.98. The predicted molar refractivity (Wildman–Crippen MR) is 178 cm³/mol. The number of hydrogen-bond donors (Lipinski definition) is 0. The number of hydrogen-bond acceptors (Lipinski definition) is 5. The molecule has 43 heavy (non-hydrogen) atoms. The molecule has 0 saturated heterocycles. The lowest BCUT2D eigenvalue weighted by Crippen LogP contribution is -2.27. The molecule has 1 atom stereocenters. The fraction of sp³-hybridized carbons (Fsp3) is 0.216. The number of benzene rings is 4. The van der Waals surface area contributed by atoms with Crippen molar-refractivity contribution in [2.45, 2.75) is 19.4 Å². The Balaban J connectivity index is 1.67. The van der Waals surface area contributed by atoms with E-state index in [-0.39, 0.29) is 5.97 Å². The summed E-state index contributed by atoms with van der Waals surface area (Å²) in [7, 11) is 5.70. The highest BCUT2D eigenvalue weighted by atomic mass is 35.5. The van der Waals surface area contributed by atoms with Gasteiger partial charge in [-0.2, -0.15) is 0 Å². The molecule has 6 heteroatoms. The van der Waals surface area contributed by atoms with Gasteiger partial charge < -0.3 is 19.3 Å². The topological polar surface area (TPSA) is 42.0 Å². The van der Waals surface area contributed by atoms with Gasteiger partial charge in [0.2, 0.25) is 0 Å². The SMILES string of the molecule is CCN(CC)c1ccc(C2(C=CC=C(c3ccc(Cl)cc3)c3ccc(N(C)C)cc3)OC(=O)c3ccccc32)c(OC)c1. The Bertz CT molecular complexity index is 1650. The summed E-state index contributed by atoms with van der Waals surface area (Å²) in [6.45, 7) is 5.99. The maximum absolute atomic E-state index is 13.2. The van der Waals surface area contributed by atoms with Gasteiger partial charge in [0.25, 0.3) is 0 Å². The zero-order valence-electron chi connectivity index (χ0n) is 25.3. The molecule has 5 nitrogen and oxygen atoms in total. The van der Waals surface area contributed by atoms with E-state index in [0.29, 0.717) is 16.3 Å². The van der Waals surface area contributed by atoms with Gasteiger partial charge in [-0.3, -0.25) is 0 Å². The van der Waals surface area contributed by atoms with Crippen molar-refractivity contribution in [1.29, 1.82) is 0 Å². The second-order valence-corrected chi connectivity index (χ2v) is 11.1. The van der Waals surface area contributed by atoms with Crippen LogP contribution >= 0.6 is 11.6 Å². The molecule has 0 saturated carbocycles. The quantitative estimate of drug-likeness (QED) is 0.137. The van der Waals surface area contributed by atoms with Crippen molar-refractivity contribution in [2.75, 3.05) is 44.1 Å². The van der Waals surface area contributed by atoms with Gasteiger partial charge in [0, 0.05) is 60.8 Å². The van der Waals surface area contributed by atoms with Crippen LogP contribution in [0.3, 0.4) is 0 Å². The first kappa shape index (κ1) is 30.0. The summed E-state index contributed by atoms with van der Waals surface area (Å²) in [6, 6.07) is 29.9. The predicted octanol–water partition coefficient (Wildman–Crippen LogP) is 8.36. The fourth-order valence-electron chi connectivity index (χ4n) is 5.63. The van der Waals surface area contributed by atoms with Crippen LogP contribution in [-0.2, 0) is 10.3 Å². The number of allylic oxidation sites excluding steroid dienone is 2. The Morgan fingerprint density at radius 2 is 1.49 bits per heavy atom. The van der Waals surface area contributed by atoms with Crippen LogP contribution in [0.25, 0.3) is 5.57 Å². The normalized spacial score (nSPS) is 16.2. The van der Waals surface area contributed by atoms with Crippen LogP contribution in [0.1, 0.15) is 46.5 Å². The van der Waals surface area contributed by atoms with Gasteiger partial charge in [0.05, 0.1) is 12.7 Å². The van der Waals surface area contributed by atoms with E-state index >= 15 is 0 Å². The summed E-state index contributed by atoms with van der Waals surface area (Å²) >= 11 is 6.23. The highest BCUT2D eigenvalue weighted by Crippen LogP contribution is 2.47. The lowest BCUT2D eigenvalue weighted by Gasteiger charge is -2.29. The van der Waals surface area contributed by atoms with Crippen LogP contribution in [0.15, 0.2) is 109 Å². The number of anilines is 2. The van der Waals surface area contributed by atoms with Crippen LogP contribution < -0.4 is 14.5 Å². The molecule has 0 N–H and O–H groups in total. The lowest BCUT2D eigenvalue weighted by molar-refractivity contribution is 0.0269. The van der Waals surface area contributed by atoms with Crippen molar-refractivity contribution >= 4 is 34.5 Å². The molecule has 4 aromatic rings. The minimum atomic E-state index is -1.17. The zero-order valence-corrected chi connectivity index (χ0v) is 26.1. The average Bonchev–Trinajstić information content (AvgIpc) is 3.32. The van der Waals surface area contributed by atoms with Crippen molar-refractivity contribution < 1.29 is 14.3 Å². The van der Waals surface area contributed by atoms with Gasteiger partial charge in [-0.25, -0.2) is 4.79 Å². The van der Waals surface area contributed by atoms with Crippen LogP contribution in [0.4, 0.5) is 11.4 Å². The van der Waals surface area contributed by atoms with Crippen molar-refractivity contribution in [2.24, 2.45) is 0 Å². The van der Waals surface area contributed by atoms with Crippen LogP contribution in [0.5, 0.6) is 5.75 Å². The van der Waals surface area contributed by atoms with Crippen LogP contribution in [-0.4, -0.2) is 40.3 Å². The molecule has 1 heterocycles. The lowest BCUT2D eigenvalue weighted by atomic mass is 9.84. The molecule has 4 aromatic carbocycles. The minimum absolute atomic E-state index is 0.365. The molecule has 0 fully saturated rings. The number of esters is 1. The first-order chi connectivity index (χ1) is 20.8. The smallest absolute Gasteiger partial charge is 0.340 e. The zero-order chi connectivity index (χ0) is 30.6. The molecule has 220 valence electrons. The average molecular weight is 593 g/mol. The van der Waals surface area contributed by atoms with Crippen molar-refractivity contribution in [3.05, 3.63) is 142 Å². The molecule has 1 aliphatic heterocycles. The maximum atomic E-state index is 13.2. The largest absolute Gasteiger partial charge is 0.496 e. The van der Waals surface area contributed by atoms with Gasteiger partial charge in [-0.05, 0) is 79.1 Å². The molecule has 0 bridgehead atoms. The molecule has 0 aromatic heterocycles. The van der Waals surface area contributed by atoms with Crippen molar-refractivity contribution in [1.82, 2.24) is 0 Å². The van der Waals surface area contributed by atoms with E-state index in [1.165, 1.54) is 0 Å². The minimum Gasteiger partial charge on any atom is -0.496 e. The third-order valence-electron chi connectivity index (χ3n) is 7.96. The molecule has 0 amide bonds. The Kier molecular flexibility index (Phi) is 8.93. The second-order valence-electron chi connectivity index (χ2n) is 10.6. The number of nitrogens with zero attached hydrogens (tertiary/aromatic N) is 2. The van der Waals surface area contributed by atoms with E-state index in [0.717, 1.165) is 52.3 Å². The fourth-order valence-corrected chi connectivity index (χ4v) is 5.76. The third-order valence-corrected chi connectivity index (χ3v) is 8.21. The van der Waals surface area contributed by atoms with Gasteiger partial charge in [-0.1, -0.05) is 66.2 Å². The molecule has 1 unspecified atom stereocenters. The number of cyclic esters (lactones) is 1. The first-order valence-corrected chi connectivity index (χ1v) is 14.9. The van der Waals surface area contributed by atoms with Crippen LogP contribution in [0.2, 0.25) is 5.02 Å². The summed E-state index contributed by atoms with van der Waals surface area (Å²) in [5.74, 6) is 0.288. The number of ether oxygens (including phenoxy) is 2. The monoisotopic (exact) mass is 592 g/mol. The second kappa shape index (κ2) is 12.8. The van der Waals surface area contributed by atoms with Crippen molar-refractivity contribution in [3.63, 3.8) is 0 Å². The Morgan fingerprint density at radius 1 is 0.860 bits per heavy atom. The third kappa shape index (κ3) is 5.91. The molecular weight excluding hydrogens is 556 g/mol. The number of carbonyl (C=O) groups is 1.